The number of hydrogen-bond donors (Lipinski definition) is 0. The molecular weight excluding hydrogens is 232 g/mol. The highest BCUT2D eigenvalue weighted by Gasteiger charge is 2.34. The quantitative estimate of drug-likeness (QED) is 0.538. The van der Waals surface area contributed by atoms with Gasteiger partial charge in [0.25, 0.3) is 0 Å². The predicted octanol–water partition coefficient (Wildman–Crippen LogP) is 4.10. The van der Waals surface area contributed by atoms with Gasteiger partial charge in [-0.1, -0.05) is 24.3 Å². The minimum Gasteiger partial charge on any atom is -0.206 e. The van der Waals surface area contributed by atoms with Crippen LogP contribution in [0, 0.1) is 5.82 Å². The third-order valence-corrected chi connectivity index (χ3v) is 1.90. The van der Waals surface area contributed by atoms with Crippen molar-refractivity contribution < 1.29 is 17.6 Å². The molecule has 0 amide bonds. The van der Waals surface area contributed by atoms with Crippen molar-refractivity contribution in [1.29, 1.82) is 0 Å². The molecule has 1 rings (SSSR count). The number of alkyl halides is 4. The number of halogens is 5. The van der Waals surface area contributed by atoms with Crippen LogP contribution in [0.5, 0.6) is 0 Å². The number of allylic oxidation sites excluding steroid dienone is 1. The lowest BCUT2D eigenvalue weighted by atomic mass is 10.1. The summed E-state index contributed by atoms with van der Waals surface area (Å²) < 4.78 is 50.1. The van der Waals surface area contributed by atoms with E-state index in [0.717, 1.165) is 6.07 Å². The van der Waals surface area contributed by atoms with Gasteiger partial charge in [-0.2, -0.15) is 13.2 Å². The average molecular weight is 239 g/mol. The molecule has 0 aliphatic rings. The van der Waals surface area contributed by atoms with Gasteiger partial charge in [0.2, 0.25) is 0 Å². The van der Waals surface area contributed by atoms with Crippen LogP contribution in [0.3, 0.4) is 0 Å². The van der Waals surface area contributed by atoms with Crippen LogP contribution in [0.1, 0.15) is 11.1 Å². The van der Waals surface area contributed by atoms with E-state index in [1.807, 2.05) is 0 Å². The molecule has 0 N–H and O–H groups in total. The maximum absolute atomic E-state index is 13.3. The highest BCUT2D eigenvalue weighted by atomic mass is 35.5. The van der Waals surface area contributed by atoms with Gasteiger partial charge in [0.05, 0.1) is 5.56 Å². The summed E-state index contributed by atoms with van der Waals surface area (Å²) in [5.74, 6) is -1.15. The molecule has 0 saturated heterocycles. The van der Waals surface area contributed by atoms with Crippen molar-refractivity contribution >= 4 is 17.7 Å². The third kappa shape index (κ3) is 2.96. The van der Waals surface area contributed by atoms with Crippen molar-refractivity contribution in [3.63, 3.8) is 0 Å². The third-order valence-electron chi connectivity index (χ3n) is 1.72. The van der Waals surface area contributed by atoms with E-state index in [4.69, 9.17) is 11.6 Å². The van der Waals surface area contributed by atoms with Gasteiger partial charge in [0, 0.05) is 11.4 Å². The molecule has 0 radical (unpaired) electrons. The molecule has 0 unspecified atom stereocenters. The first kappa shape index (κ1) is 12.0. The Bertz CT molecular complexity index is 368. The van der Waals surface area contributed by atoms with E-state index >= 15 is 0 Å². The largest absolute Gasteiger partial charge is 0.419 e. The van der Waals surface area contributed by atoms with Gasteiger partial charge in [0.15, 0.2) is 0 Å². The predicted molar refractivity (Wildman–Crippen MR) is 51.2 cm³/mol. The monoisotopic (exact) mass is 238 g/mol. The standard InChI is InChI=1S/C10H7ClF4/c11-6-2-4-7-3-1-5-8(9(7)12)10(13,14)15/h1-5H,6H2. The van der Waals surface area contributed by atoms with Crippen molar-refractivity contribution in [3.8, 4) is 0 Å². The van der Waals surface area contributed by atoms with Crippen LogP contribution in [0.15, 0.2) is 24.3 Å². The number of rotatable bonds is 2. The lowest BCUT2D eigenvalue weighted by Crippen LogP contribution is -2.08. The highest BCUT2D eigenvalue weighted by molar-refractivity contribution is 6.19. The lowest BCUT2D eigenvalue weighted by molar-refractivity contribution is -0.140. The molecule has 15 heavy (non-hydrogen) atoms. The van der Waals surface area contributed by atoms with E-state index in [9.17, 15) is 17.6 Å². The second kappa shape index (κ2) is 4.66. The topological polar surface area (TPSA) is 0 Å². The molecule has 0 aromatic heterocycles. The van der Waals surface area contributed by atoms with E-state index in [1.165, 1.54) is 18.2 Å². The molecule has 0 aliphatic carbocycles. The first-order valence-corrected chi connectivity index (χ1v) is 4.58. The summed E-state index contributed by atoms with van der Waals surface area (Å²) in [4.78, 5) is 0. The Morgan fingerprint density at radius 1 is 1.27 bits per heavy atom. The average Bonchev–Trinajstić information content (AvgIpc) is 2.14. The van der Waals surface area contributed by atoms with Crippen molar-refractivity contribution in [2.75, 3.05) is 5.88 Å². The van der Waals surface area contributed by atoms with Crippen LogP contribution >= 0.6 is 11.6 Å². The fourth-order valence-corrected chi connectivity index (χ4v) is 1.16. The molecule has 0 nitrogen and oxygen atoms in total. The van der Waals surface area contributed by atoms with Crippen LogP contribution in [0.4, 0.5) is 17.6 Å². The summed E-state index contributed by atoms with van der Waals surface area (Å²) in [7, 11) is 0. The van der Waals surface area contributed by atoms with Crippen LogP contribution in [-0.2, 0) is 6.18 Å². The van der Waals surface area contributed by atoms with Crippen molar-refractivity contribution in [2.45, 2.75) is 6.18 Å². The fourth-order valence-electron chi connectivity index (χ4n) is 1.07. The van der Waals surface area contributed by atoms with Crippen molar-refractivity contribution in [2.24, 2.45) is 0 Å². The molecule has 0 aliphatic heterocycles. The zero-order valence-electron chi connectivity index (χ0n) is 7.48. The minimum atomic E-state index is -4.67. The molecule has 0 saturated carbocycles. The molecule has 5 heteroatoms. The number of benzene rings is 1. The van der Waals surface area contributed by atoms with Gasteiger partial charge >= 0.3 is 6.18 Å². The Kier molecular flexibility index (Phi) is 3.74. The molecule has 0 heterocycles. The van der Waals surface area contributed by atoms with Crippen LogP contribution in [-0.4, -0.2) is 5.88 Å². The molecule has 82 valence electrons. The van der Waals surface area contributed by atoms with Gasteiger partial charge in [0.1, 0.15) is 5.82 Å². The van der Waals surface area contributed by atoms with Gasteiger partial charge < -0.3 is 0 Å². The summed E-state index contributed by atoms with van der Waals surface area (Å²) in [5, 5.41) is 0. The van der Waals surface area contributed by atoms with Crippen LogP contribution in [0.25, 0.3) is 6.08 Å². The second-order valence-electron chi connectivity index (χ2n) is 2.76. The minimum absolute atomic E-state index is 0.120. The van der Waals surface area contributed by atoms with Crippen LogP contribution < -0.4 is 0 Å². The Hall–Kier alpha value is -1.03. The molecule has 1 aromatic carbocycles. The first-order valence-electron chi connectivity index (χ1n) is 4.05. The van der Waals surface area contributed by atoms with E-state index in [1.54, 1.807) is 0 Å². The van der Waals surface area contributed by atoms with Crippen molar-refractivity contribution in [3.05, 3.63) is 41.2 Å². The molecule has 0 spiro atoms. The summed E-state index contributed by atoms with van der Waals surface area (Å²) >= 11 is 5.30. The van der Waals surface area contributed by atoms with Gasteiger partial charge in [-0.05, 0) is 6.07 Å². The van der Waals surface area contributed by atoms with Gasteiger partial charge in [-0.3, -0.25) is 0 Å². The molecule has 1 aromatic rings. The maximum atomic E-state index is 13.3. The first-order chi connectivity index (χ1) is 6.96. The zero-order valence-corrected chi connectivity index (χ0v) is 8.24. The van der Waals surface area contributed by atoms with Crippen LogP contribution in [0.2, 0.25) is 0 Å². The Morgan fingerprint density at radius 3 is 2.47 bits per heavy atom. The van der Waals surface area contributed by atoms with E-state index < -0.39 is 17.6 Å². The Labute approximate surface area is 89.2 Å². The second-order valence-corrected chi connectivity index (χ2v) is 3.07. The van der Waals surface area contributed by atoms with Crippen molar-refractivity contribution in [1.82, 2.24) is 0 Å². The molecule has 0 fully saturated rings. The SMILES string of the molecule is Fc1c(C=CCCl)cccc1C(F)(F)F. The van der Waals surface area contributed by atoms with Gasteiger partial charge in [-0.25, -0.2) is 4.39 Å². The molecule has 0 bridgehead atoms. The van der Waals surface area contributed by atoms with Gasteiger partial charge in [-0.15, -0.1) is 11.6 Å². The fraction of sp³-hybridized carbons (Fsp3) is 0.200. The molecule has 0 atom stereocenters. The summed E-state index contributed by atoms with van der Waals surface area (Å²) in [6.45, 7) is 0. The smallest absolute Gasteiger partial charge is 0.206 e. The normalized spacial score (nSPS) is 12.3. The number of hydrogen-bond acceptors (Lipinski definition) is 0. The summed E-state index contributed by atoms with van der Waals surface area (Å²) in [6, 6.07) is 3.11. The van der Waals surface area contributed by atoms with E-state index in [0.29, 0.717) is 6.07 Å². The zero-order chi connectivity index (χ0) is 11.5. The van der Waals surface area contributed by atoms with E-state index in [2.05, 4.69) is 0 Å². The Balaban J connectivity index is 3.17. The lowest BCUT2D eigenvalue weighted by Gasteiger charge is -2.08. The summed E-state index contributed by atoms with van der Waals surface area (Å²) in [6.07, 6.45) is -2.08. The highest BCUT2D eigenvalue weighted by Crippen LogP contribution is 2.32. The molecular formula is C10H7ClF4. The summed E-state index contributed by atoms with van der Waals surface area (Å²) in [5.41, 5.74) is -1.38. The Morgan fingerprint density at radius 2 is 1.93 bits per heavy atom. The van der Waals surface area contributed by atoms with E-state index in [-0.39, 0.29) is 11.4 Å². The maximum Gasteiger partial charge on any atom is 0.419 e.